The number of hydrogen-bond donors (Lipinski definition) is 0. The predicted octanol–water partition coefficient (Wildman–Crippen LogP) is 0.354. The molecule has 0 amide bonds. The molecule has 19 heavy (non-hydrogen) atoms. The quantitative estimate of drug-likeness (QED) is 0.646. The summed E-state index contributed by atoms with van der Waals surface area (Å²) in [5, 5.41) is 0. The van der Waals surface area contributed by atoms with E-state index >= 15 is 0 Å². The molecule has 1 atom stereocenters. The number of rotatable bonds is 8. The minimum absolute atomic E-state index is 0.0533. The summed E-state index contributed by atoms with van der Waals surface area (Å²) in [6, 6.07) is 0. The SMILES string of the molecule is CCOC(CN(C)S(C)(=O)=O)C(C)(C)CS(C)(=O)=O. The molecule has 0 fully saturated rings. The Morgan fingerprint density at radius 2 is 1.63 bits per heavy atom. The molecule has 0 saturated heterocycles. The monoisotopic (exact) mass is 315 g/mol. The van der Waals surface area contributed by atoms with Crippen LogP contribution in [0.1, 0.15) is 20.8 Å². The molecule has 0 N–H and O–H groups in total. The molecule has 0 aliphatic heterocycles. The highest BCUT2D eigenvalue weighted by Gasteiger charge is 2.35. The first-order valence-corrected chi connectivity index (χ1v) is 9.91. The number of hydrogen-bond acceptors (Lipinski definition) is 5. The van der Waals surface area contributed by atoms with Crippen molar-refractivity contribution >= 4 is 19.9 Å². The Bertz CT molecular complexity index is 481. The highest BCUT2D eigenvalue weighted by molar-refractivity contribution is 7.90. The van der Waals surface area contributed by atoms with Crippen molar-refractivity contribution in [1.29, 1.82) is 0 Å². The number of sulfone groups is 1. The third-order valence-electron chi connectivity index (χ3n) is 2.86. The zero-order valence-corrected chi connectivity index (χ0v) is 14.1. The van der Waals surface area contributed by atoms with E-state index in [1.54, 1.807) is 20.8 Å². The van der Waals surface area contributed by atoms with E-state index in [0.29, 0.717) is 6.61 Å². The summed E-state index contributed by atoms with van der Waals surface area (Å²) in [7, 11) is -5.02. The molecule has 0 aromatic carbocycles. The maximum atomic E-state index is 11.5. The highest BCUT2D eigenvalue weighted by atomic mass is 32.2. The first-order chi connectivity index (χ1) is 8.29. The molecule has 0 aromatic rings. The van der Waals surface area contributed by atoms with Gasteiger partial charge in [0, 0.05) is 31.9 Å². The normalized spacial score (nSPS) is 15.7. The van der Waals surface area contributed by atoms with Crippen LogP contribution in [0.15, 0.2) is 0 Å². The molecular weight excluding hydrogens is 290 g/mol. The average Bonchev–Trinajstić information content (AvgIpc) is 2.11. The van der Waals surface area contributed by atoms with Crippen molar-refractivity contribution in [3.8, 4) is 0 Å². The predicted molar refractivity (Wildman–Crippen MR) is 76.4 cm³/mol. The summed E-state index contributed by atoms with van der Waals surface area (Å²) in [5.41, 5.74) is -0.664. The largest absolute Gasteiger partial charge is 0.377 e. The first-order valence-electron chi connectivity index (χ1n) is 6.00. The standard InChI is InChI=1S/C11H25NO5S2/c1-7-17-10(8-12(4)19(6,15)16)11(2,3)9-18(5,13)14/h10H,7-9H2,1-6H3. The summed E-state index contributed by atoms with van der Waals surface area (Å²) in [5.74, 6) is -0.0533. The van der Waals surface area contributed by atoms with Crippen LogP contribution in [0.25, 0.3) is 0 Å². The van der Waals surface area contributed by atoms with Crippen LogP contribution in [0.5, 0.6) is 0 Å². The molecule has 1 unspecified atom stereocenters. The number of likely N-dealkylation sites (N-methyl/N-ethyl adjacent to an activating group) is 1. The van der Waals surface area contributed by atoms with Gasteiger partial charge >= 0.3 is 0 Å². The van der Waals surface area contributed by atoms with Gasteiger partial charge in [0.05, 0.1) is 18.1 Å². The van der Waals surface area contributed by atoms with Crippen molar-refractivity contribution in [3.05, 3.63) is 0 Å². The van der Waals surface area contributed by atoms with Gasteiger partial charge in [0.25, 0.3) is 0 Å². The lowest BCUT2D eigenvalue weighted by atomic mass is 9.88. The van der Waals surface area contributed by atoms with E-state index in [1.807, 2.05) is 0 Å². The van der Waals surface area contributed by atoms with Crippen LogP contribution < -0.4 is 0 Å². The third-order valence-corrected chi connectivity index (χ3v) is 5.41. The molecule has 6 nitrogen and oxygen atoms in total. The van der Waals surface area contributed by atoms with Gasteiger partial charge in [-0.05, 0) is 6.92 Å². The minimum atomic E-state index is -3.32. The lowest BCUT2D eigenvalue weighted by Crippen LogP contribution is -2.46. The molecule has 0 heterocycles. The second-order valence-electron chi connectivity index (χ2n) is 5.55. The van der Waals surface area contributed by atoms with Gasteiger partial charge in [0.15, 0.2) is 0 Å². The number of sulfonamides is 1. The molecule has 8 heteroatoms. The molecule has 0 aliphatic carbocycles. The van der Waals surface area contributed by atoms with E-state index in [9.17, 15) is 16.8 Å². The average molecular weight is 315 g/mol. The molecule has 0 radical (unpaired) electrons. The fraction of sp³-hybridized carbons (Fsp3) is 1.00. The van der Waals surface area contributed by atoms with Gasteiger partial charge in [-0.15, -0.1) is 0 Å². The van der Waals surface area contributed by atoms with Crippen LogP contribution in [0, 0.1) is 5.41 Å². The summed E-state index contributed by atoms with van der Waals surface area (Å²) < 4.78 is 52.5. The highest BCUT2D eigenvalue weighted by Crippen LogP contribution is 2.26. The molecule has 0 saturated carbocycles. The van der Waals surface area contributed by atoms with Gasteiger partial charge in [-0.2, -0.15) is 0 Å². The van der Waals surface area contributed by atoms with Crippen LogP contribution in [0.2, 0.25) is 0 Å². The third kappa shape index (κ3) is 7.24. The lowest BCUT2D eigenvalue weighted by Gasteiger charge is -2.35. The topological polar surface area (TPSA) is 80.8 Å². The maximum absolute atomic E-state index is 11.5. The fourth-order valence-corrected chi connectivity index (χ4v) is 3.81. The fourth-order valence-electron chi connectivity index (χ4n) is 1.86. The van der Waals surface area contributed by atoms with Gasteiger partial charge in [0.1, 0.15) is 9.84 Å². The van der Waals surface area contributed by atoms with Crippen LogP contribution in [-0.4, -0.2) is 65.7 Å². The van der Waals surface area contributed by atoms with E-state index in [-0.39, 0.29) is 12.3 Å². The van der Waals surface area contributed by atoms with Crippen molar-refractivity contribution in [2.75, 3.05) is 38.5 Å². The van der Waals surface area contributed by atoms with Gasteiger partial charge in [-0.1, -0.05) is 13.8 Å². The number of ether oxygens (including phenoxy) is 1. The van der Waals surface area contributed by atoms with Crippen LogP contribution in [0.4, 0.5) is 0 Å². The molecule has 0 aromatic heterocycles. The van der Waals surface area contributed by atoms with Gasteiger partial charge in [-0.25, -0.2) is 21.1 Å². The first kappa shape index (κ1) is 18.8. The number of nitrogens with zero attached hydrogens (tertiary/aromatic N) is 1. The second-order valence-corrected chi connectivity index (χ2v) is 9.78. The van der Waals surface area contributed by atoms with Gasteiger partial charge in [-0.3, -0.25) is 0 Å². The summed E-state index contributed by atoms with van der Waals surface area (Å²) in [6.45, 7) is 5.86. The molecule has 0 bridgehead atoms. The smallest absolute Gasteiger partial charge is 0.211 e. The van der Waals surface area contributed by atoms with E-state index in [1.165, 1.54) is 11.4 Å². The molecule has 0 rings (SSSR count). The Balaban J connectivity index is 5.10. The van der Waals surface area contributed by atoms with Gasteiger partial charge in [0.2, 0.25) is 10.0 Å². The van der Waals surface area contributed by atoms with Crippen LogP contribution in [0.3, 0.4) is 0 Å². The Morgan fingerprint density at radius 1 is 1.16 bits per heavy atom. The van der Waals surface area contributed by atoms with Crippen molar-refractivity contribution in [2.24, 2.45) is 5.41 Å². The molecule has 0 aliphatic rings. The lowest BCUT2D eigenvalue weighted by molar-refractivity contribution is -0.0170. The van der Waals surface area contributed by atoms with E-state index in [0.717, 1.165) is 12.5 Å². The molecule has 116 valence electrons. The van der Waals surface area contributed by atoms with E-state index in [2.05, 4.69) is 0 Å². The molecular formula is C11H25NO5S2. The van der Waals surface area contributed by atoms with Crippen molar-refractivity contribution in [3.63, 3.8) is 0 Å². The Labute approximate surface area is 117 Å². The summed E-state index contributed by atoms with van der Waals surface area (Å²) in [6.07, 6.45) is 1.80. The Hall–Kier alpha value is -0.180. The summed E-state index contributed by atoms with van der Waals surface area (Å²) >= 11 is 0. The van der Waals surface area contributed by atoms with Crippen LogP contribution >= 0.6 is 0 Å². The van der Waals surface area contributed by atoms with Crippen LogP contribution in [-0.2, 0) is 24.6 Å². The van der Waals surface area contributed by atoms with E-state index < -0.39 is 31.4 Å². The Morgan fingerprint density at radius 3 is 1.95 bits per heavy atom. The zero-order chi connectivity index (χ0) is 15.5. The van der Waals surface area contributed by atoms with Crippen molar-refractivity contribution in [2.45, 2.75) is 26.9 Å². The van der Waals surface area contributed by atoms with E-state index in [4.69, 9.17) is 4.74 Å². The Kier molecular flexibility index (Phi) is 6.45. The minimum Gasteiger partial charge on any atom is -0.377 e. The molecule has 0 spiro atoms. The summed E-state index contributed by atoms with van der Waals surface area (Å²) in [4.78, 5) is 0. The second kappa shape index (κ2) is 6.51. The van der Waals surface area contributed by atoms with Crippen molar-refractivity contribution in [1.82, 2.24) is 4.31 Å². The van der Waals surface area contributed by atoms with Crippen molar-refractivity contribution < 1.29 is 21.6 Å². The zero-order valence-electron chi connectivity index (χ0n) is 12.5. The maximum Gasteiger partial charge on any atom is 0.211 e. The van der Waals surface area contributed by atoms with Gasteiger partial charge < -0.3 is 4.74 Å².